The van der Waals surface area contributed by atoms with E-state index in [9.17, 15) is 9.59 Å². The predicted octanol–water partition coefficient (Wildman–Crippen LogP) is 0.0531. The van der Waals surface area contributed by atoms with Crippen LogP contribution in [0.1, 0.15) is 21.0 Å². The molecule has 0 saturated heterocycles. The lowest BCUT2D eigenvalue weighted by Gasteiger charge is -2.06. The van der Waals surface area contributed by atoms with Gasteiger partial charge in [-0.1, -0.05) is 15.9 Å². The van der Waals surface area contributed by atoms with Gasteiger partial charge in [-0.25, -0.2) is 4.98 Å². The van der Waals surface area contributed by atoms with Gasteiger partial charge in [0.15, 0.2) is 0 Å². The summed E-state index contributed by atoms with van der Waals surface area (Å²) in [5, 5.41) is 0.618. The largest absolute Gasteiger partial charge is 0.493 e. The highest BCUT2D eigenvalue weighted by atomic mass is 79.9. The molecular formula is C9H10BrN3O3. The summed E-state index contributed by atoms with van der Waals surface area (Å²) in [7, 11) is 0. The highest BCUT2D eigenvalue weighted by Crippen LogP contribution is 2.14. The first-order valence-corrected chi connectivity index (χ1v) is 5.47. The van der Waals surface area contributed by atoms with E-state index < -0.39 is 11.8 Å². The van der Waals surface area contributed by atoms with E-state index >= 15 is 0 Å². The van der Waals surface area contributed by atoms with Gasteiger partial charge in [0.2, 0.25) is 0 Å². The first kappa shape index (κ1) is 12.4. The summed E-state index contributed by atoms with van der Waals surface area (Å²) in [5.74, 6) is -1.16. The van der Waals surface area contributed by atoms with E-state index in [1.165, 1.54) is 12.1 Å². The summed E-state index contributed by atoms with van der Waals surface area (Å²) in [5.41, 5.74) is 10.0. The molecule has 0 bridgehead atoms. The Labute approximate surface area is 100 Å². The second kappa shape index (κ2) is 5.45. The molecule has 0 unspecified atom stereocenters. The molecule has 1 aromatic heterocycles. The molecule has 0 saturated carbocycles. The highest BCUT2D eigenvalue weighted by molar-refractivity contribution is 9.09. The van der Waals surface area contributed by atoms with Crippen LogP contribution in [0.3, 0.4) is 0 Å². The van der Waals surface area contributed by atoms with Crippen molar-refractivity contribution < 1.29 is 14.3 Å². The fourth-order valence-corrected chi connectivity index (χ4v) is 1.16. The maximum Gasteiger partial charge on any atom is 0.267 e. The maximum atomic E-state index is 10.9. The zero-order chi connectivity index (χ0) is 12.1. The SMILES string of the molecule is NC(=O)c1cc(OCCBr)cc(C(N)=O)n1. The lowest BCUT2D eigenvalue weighted by molar-refractivity contribution is 0.0991. The molecule has 0 aromatic carbocycles. The number of primary amides is 2. The molecule has 2 amide bonds. The molecule has 1 rings (SSSR count). The van der Waals surface area contributed by atoms with Crippen molar-refractivity contribution in [1.82, 2.24) is 4.98 Å². The number of alkyl halides is 1. The lowest BCUT2D eigenvalue weighted by atomic mass is 10.2. The molecule has 0 spiro atoms. The topological polar surface area (TPSA) is 108 Å². The third-order valence-electron chi connectivity index (χ3n) is 1.65. The van der Waals surface area contributed by atoms with E-state index in [-0.39, 0.29) is 11.4 Å². The van der Waals surface area contributed by atoms with Crippen LogP contribution in [0.5, 0.6) is 5.75 Å². The standard InChI is InChI=1S/C9H10BrN3O3/c10-1-2-16-5-3-6(8(11)14)13-7(4-5)9(12)15/h3-4H,1-2H2,(H2,11,14)(H2,12,15). The summed E-state index contributed by atoms with van der Waals surface area (Å²) < 4.78 is 5.23. The number of carbonyl (C=O) groups is 2. The first-order chi connectivity index (χ1) is 7.54. The molecule has 6 nitrogen and oxygen atoms in total. The van der Waals surface area contributed by atoms with Gasteiger partial charge in [-0.3, -0.25) is 9.59 Å². The number of pyridine rings is 1. The second-order valence-electron chi connectivity index (χ2n) is 2.84. The van der Waals surface area contributed by atoms with Crippen molar-refractivity contribution in [2.24, 2.45) is 11.5 Å². The molecule has 16 heavy (non-hydrogen) atoms. The van der Waals surface area contributed by atoms with Gasteiger partial charge >= 0.3 is 0 Å². The first-order valence-electron chi connectivity index (χ1n) is 4.35. The van der Waals surface area contributed by atoms with Crippen molar-refractivity contribution in [2.45, 2.75) is 0 Å². The van der Waals surface area contributed by atoms with Crippen LogP contribution < -0.4 is 16.2 Å². The number of amides is 2. The van der Waals surface area contributed by atoms with Crippen molar-refractivity contribution >= 4 is 27.7 Å². The quantitative estimate of drug-likeness (QED) is 0.746. The van der Waals surface area contributed by atoms with E-state index in [1.54, 1.807) is 0 Å². The minimum atomic E-state index is -0.744. The van der Waals surface area contributed by atoms with Gasteiger partial charge in [0.05, 0.1) is 6.61 Å². The summed E-state index contributed by atoms with van der Waals surface area (Å²) in [6.07, 6.45) is 0. The van der Waals surface area contributed by atoms with Gasteiger partial charge in [-0.05, 0) is 0 Å². The fourth-order valence-electron chi connectivity index (χ4n) is 0.998. The highest BCUT2D eigenvalue weighted by Gasteiger charge is 2.11. The van der Waals surface area contributed by atoms with Crippen molar-refractivity contribution in [3.8, 4) is 5.75 Å². The Balaban J connectivity index is 3.08. The van der Waals surface area contributed by atoms with Crippen molar-refractivity contribution in [3.05, 3.63) is 23.5 Å². The second-order valence-corrected chi connectivity index (χ2v) is 3.63. The molecule has 4 N–H and O–H groups in total. The number of carbonyl (C=O) groups excluding carboxylic acids is 2. The average molecular weight is 288 g/mol. The van der Waals surface area contributed by atoms with E-state index in [2.05, 4.69) is 20.9 Å². The molecular weight excluding hydrogens is 278 g/mol. The molecule has 0 fully saturated rings. The Morgan fingerprint density at radius 3 is 2.12 bits per heavy atom. The number of hydrogen-bond acceptors (Lipinski definition) is 4. The van der Waals surface area contributed by atoms with Crippen LogP contribution >= 0.6 is 15.9 Å². The minimum absolute atomic E-state index is 0.0547. The predicted molar refractivity (Wildman–Crippen MR) is 60.6 cm³/mol. The van der Waals surface area contributed by atoms with Gasteiger partial charge < -0.3 is 16.2 Å². The van der Waals surface area contributed by atoms with E-state index in [0.29, 0.717) is 17.7 Å². The van der Waals surface area contributed by atoms with Gasteiger partial charge in [0.25, 0.3) is 11.8 Å². The summed E-state index contributed by atoms with van der Waals surface area (Å²) in [6.45, 7) is 0.389. The van der Waals surface area contributed by atoms with Gasteiger partial charge in [0.1, 0.15) is 17.1 Å². The number of aromatic nitrogens is 1. The Hall–Kier alpha value is -1.63. The molecule has 0 aliphatic heterocycles. The van der Waals surface area contributed by atoms with Crippen LogP contribution in [0.25, 0.3) is 0 Å². The van der Waals surface area contributed by atoms with Crippen LogP contribution in [0.2, 0.25) is 0 Å². The smallest absolute Gasteiger partial charge is 0.267 e. The van der Waals surface area contributed by atoms with Crippen molar-refractivity contribution in [1.29, 1.82) is 0 Å². The number of nitrogens with zero attached hydrogens (tertiary/aromatic N) is 1. The Bertz CT molecular complexity index is 390. The third kappa shape index (κ3) is 3.20. The molecule has 1 aromatic rings. The molecule has 0 atom stereocenters. The van der Waals surface area contributed by atoms with Gasteiger partial charge in [-0.15, -0.1) is 0 Å². The Morgan fingerprint density at radius 2 is 1.75 bits per heavy atom. The summed E-state index contributed by atoms with van der Waals surface area (Å²) in [6, 6.07) is 2.72. The number of nitrogens with two attached hydrogens (primary N) is 2. The number of hydrogen-bond donors (Lipinski definition) is 2. The lowest BCUT2D eigenvalue weighted by Crippen LogP contribution is -2.19. The number of rotatable bonds is 5. The fraction of sp³-hybridized carbons (Fsp3) is 0.222. The monoisotopic (exact) mass is 287 g/mol. The van der Waals surface area contributed by atoms with Crippen LogP contribution in [-0.4, -0.2) is 28.7 Å². The van der Waals surface area contributed by atoms with E-state index in [0.717, 1.165) is 0 Å². The van der Waals surface area contributed by atoms with Crippen LogP contribution in [-0.2, 0) is 0 Å². The normalized spacial score (nSPS) is 9.81. The maximum absolute atomic E-state index is 10.9. The van der Waals surface area contributed by atoms with Crippen LogP contribution in [0, 0.1) is 0 Å². The Morgan fingerprint density at radius 1 is 1.25 bits per heavy atom. The molecule has 7 heteroatoms. The van der Waals surface area contributed by atoms with Crippen molar-refractivity contribution in [2.75, 3.05) is 11.9 Å². The van der Waals surface area contributed by atoms with E-state index in [1.807, 2.05) is 0 Å². The zero-order valence-corrected chi connectivity index (χ0v) is 9.86. The van der Waals surface area contributed by atoms with Crippen LogP contribution in [0.4, 0.5) is 0 Å². The summed E-state index contributed by atoms with van der Waals surface area (Å²) >= 11 is 3.18. The molecule has 0 radical (unpaired) electrons. The average Bonchev–Trinajstić information content (AvgIpc) is 2.25. The molecule has 86 valence electrons. The van der Waals surface area contributed by atoms with Crippen molar-refractivity contribution in [3.63, 3.8) is 0 Å². The Kier molecular flexibility index (Phi) is 4.24. The minimum Gasteiger partial charge on any atom is -0.493 e. The summed E-state index contributed by atoms with van der Waals surface area (Å²) in [4.78, 5) is 25.6. The zero-order valence-electron chi connectivity index (χ0n) is 8.27. The molecule has 0 aliphatic rings. The number of ether oxygens (including phenoxy) is 1. The van der Waals surface area contributed by atoms with E-state index in [4.69, 9.17) is 16.2 Å². The molecule has 0 aliphatic carbocycles. The van der Waals surface area contributed by atoms with Gasteiger partial charge in [-0.2, -0.15) is 0 Å². The third-order valence-corrected chi connectivity index (χ3v) is 1.97. The van der Waals surface area contributed by atoms with Crippen LogP contribution in [0.15, 0.2) is 12.1 Å². The number of halogens is 1. The molecule has 1 heterocycles. The van der Waals surface area contributed by atoms with Gasteiger partial charge in [0, 0.05) is 17.5 Å².